The summed E-state index contributed by atoms with van der Waals surface area (Å²) in [6, 6.07) is 17.2. The number of hydrogen-bond donors (Lipinski definition) is 1. The molecule has 132 valence electrons. The molecule has 3 rings (SSSR count). The quantitative estimate of drug-likeness (QED) is 0.535. The molecule has 0 aliphatic heterocycles. The maximum absolute atomic E-state index is 12.6. The van der Waals surface area contributed by atoms with Crippen LogP contribution in [0.1, 0.15) is 24.1 Å². The topological polar surface area (TPSA) is 42.0 Å². The summed E-state index contributed by atoms with van der Waals surface area (Å²) in [7, 11) is 0. The number of anilines is 1. The second kappa shape index (κ2) is 8.02. The van der Waals surface area contributed by atoms with Crippen LogP contribution in [0.5, 0.6) is 0 Å². The zero-order valence-electron chi connectivity index (χ0n) is 14.5. The fraction of sp³-hybridized carbons (Fsp3) is 0.143. The van der Waals surface area contributed by atoms with Crippen LogP contribution in [0.3, 0.4) is 0 Å². The first-order chi connectivity index (χ1) is 12.4. The molecule has 0 radical (unpaired) electrons. The van der Waals surface area contributed by atoms with Crippen molar-refractivity contribution in [1.82, 2.24) is 4.98 Å². The largest absolute Gasteiger partial charge is 0.326 e. The van der Waals surface area contributed by atoms with Gasteiger partial charge in [0.25, 0.3) is 0 Å². The van der Waals surface area contributed by atoms with E-state index in [2.05, 4.69) is 26.2 Å². The van der Waals surface area contributed by atoms with Crippen LogP contribution in [0.25, 0.3) is 11.1 Å². The molecule has 0 aliphatic carbocycles. The Hall–Kier alpha value is -2.17. The van der Waals surface area contributed by atoms with E-state index < -0.39 is 0 Å². The Bertz CT molecular complexity index is 958. The van der Waals surface area contributed by atoms with Gasteiger partial charge in [0.05, 0.1) is 10.9 Å². The van der Waals surface area contributed by atoms with Crippen molar-refractivity contribution in [3.05, 3.63) is 81.5 Å². The second-order valence-electron chi connectivity index (χ2n) is 6.15. The Kier molecular flexibility index (Phi) is 5.74. The van der Waals surface area contributed by atoms with E-state index >= 15 is 0 Å². The molecule has 3 aromatic rings. The first-order valence-electron chi connectivity index (χ1n) is 8.23. The molecule has 1 atom stereocenters. The van der Waals surface area contributed by atoms with Gasteiger partial charge in [-0.1, -0.05) is 45.7 Å². The lowest BCUT2D eigenvalue weighted by molar-refractivity contribution is -0.117. The van der Waals surface area contributed by atoms with Gasteiger partial charge in [-0.3, -0.25) is 9.78 Å². The zero-order chi connectivity index (χ0) is 18.7. The van der Waals surface area contributed by atoms with E-state index in [1.807, 2.05) is 62.4 Å². The van der Waals surface area contributed by atoms with E-state index in [9.17, 15) is 4.79 Å². The maximum atomic E-state index is 12.6. The standard InChI is InChI=1S/C21H18BrClN2O/c1-13-10-16(8-9-24-13)19-7-6-18(12-20(19)23)25-21(26)14(2)15-4-3-5-17(22)11-15/h3-12,14H,1-2H3,(H,25,26). The van der Waals surface area contributed by atoms with Crippen LogP contribution in [-0.4, -0.2) is 10.9 Å². The number of carbonyl (C=O) groups is 1. The average molecular weight is 430 g/mol. The van der Waals surface area contributed by atoms with E-state index in [1.54, 1.807) is 12.3 Å². The summed E-state index contributed by atoms with van der Waals surface area (Å²) >= 11 is 9.88. The minimum absolute atomic E-state index is 0.0772. The molecule has 1 amide bonds. The van der Waals surface area contributed by atoms with E-state index in [0.717, 1.165) is 26.9 Å². The van der Waals surface area contributed by atoms with Crippen LogP contribution in [0.15, 0.2) is 65.3 Å². The number of pyridine rings is 1. The average Bonchev–Trinajstić information content (AvgIpc) is 2.61. The smallest absolute Gasteiger partial charge is 0.231 e. The minimum atomic E-state index is -0.270. The Balaban J connectivity index is 1.78. The van der Waals surface area contributed by atoms with Crippen LogP contribution in [0, 0.1) is 6.92 Å². The highest BCUT2D eigenvalue weighted by atomic mass is 79.9. The normalized spacial score (nSPS) is 11.8. The van der Waals surface area contributed by atoms with Crippen molar-refractivity contribution in [2.75, 3.05) is 5.32 Å². The van der Waals surface area contributed by atoms with Gasteiger partial charge in [-0.05, 0) is 61.4 Å². The highest BCUT2D eigenvalue weighted by Crippen LogP contribution is 2.31. The van der Waals surface area contributed by atoms with Crippen molar-refractivity contribution in [3.63, 3.8) is 0 Å². The van der Waals surface area contributed by atoms with Gasteiger partial charge in [0.2, 0.25) is 5.91 Å². The monoisotopic (exact) mass is 428 g/mol. The number of hydrogen-bond acceptors (Lipinski definition) is 2. The molecule has 0 aliphatic rings. The Morgan fingerprint density at radius 3 is 2.65 bits per heavy atom. The maximum Gasteiger partial charge on any atom is 0.231 e. The molecule has 5 heteroatoms. The first-order valence-corrected chi connectivity index (χ1v) is 9.40. The van der Waals surface area contributed by atoms with Gasteiger partial charge in [0.1, 0.15) is 0 Å². The molecule has 0 saturated carbocycles. The minimum Gasteiger partial charge on any atom is -0.326 e. The number of nitrogens with zero attached hydrogens (tertiary/aromatic N) is 1. The molecule has 0 bridgehead atoms. The van der Waals surface area contributed by atoms with Crippen molar-refractivity contribution >= 4 is 39.1 Å². The van der Waals surface area contributed by atoms with Crippen molar-refractivity contribution in [2.24, 2.45) is 0 Å². The molecule has 3 nitrogen and oxygen atoms in total. The van der Waals surface area contributed by atoms with Crippen LogP contribution < -0.4 is 5.32 Å². The van der Waals surface area contributed by atoms with Crippen LogP contribution in [0.4, 0.5) is 5.69 Å². The Labute approximate surface area is 166 Å². The molecule has 1 unspecified atom stereocenters. The number of carbonyl (C=O) groups excluding carboxylic acids is 1. The number of amides is 1. The molecule has 0 saturated heterocycles. The predicted molar refractivity (Wildman–Crippen MR) is 111 cm³/mol. The van der Waals surface area contributed by atoms with Crippen LogP contribution in [0.2, 0.25) is 5.02 Å². The zero-order valence-corrected chi connectivity index (χ0v) is 16.8. The molecule has 26 heavy (non-hydrogen) atoms. The van der Waals surface area contributed by atoms with Crippen molar-refractivity contribution in [3.8, 4) is 11.1 Å². The molecule has 1 aromatic heterocycles. The molecular weight excluding hydrogens is 412 g/mol. The number of aryl methyl sites for hydroxylation is 1. The third kappa shape index (κ3) is 4.32. The van der Waals surface area contributed by atoms with Crippen molar-refractivity contribution in [2.45, 2.75) is 19.8 Å². The lowest BCUT2D eigenvalue weighted by Gasteiger charge is -2.14. The summed E-state index contributed by atoms with van der Waals surface area (Å²) in [5.74, 6) is -0.347. The lowest BCUT2D eigenvalue weighted by Crippen LogP contribution is -2.18. The van der Waals surface area contributed by atoms with Crippen molar-refractivity contribution < 1.29 is 4.79 Å². The van der Waals surface area contributed by atoms with Gasteiger partial charge in [-0.25, -0.2) is 0 Å². The molecule has 0 spiro atoms. The van der Waals surface area contributed by atoms with Crippen LogP contribution in [-0.2, 0) is 4.79 Å². The summed E-state index contributed by atoms with van der Waals surface area (Å²) in [6.45, 7) is 3.82. The summed E-state index contributed by atoms with van der Waals surface area (Å²) in [5, 5.41) is 3.53. The fourth-order valence-electron chi connectivity index (χ4n) is 2.72. The van der Waals surface area contributed by atoms with Gasteiger partial charge in [0, 0.05) is 27.6 Å². The highest BCUT2D eigenvalue weighted by molar-refractivity contribution is 9.10. The summed E-state index contributed by atoms with van der Waals surface area (Å²) in [4.78, 5) is 16.8. The Morgan fingerprint density at radius 2 is 1.96 bits per heavy atom. The third-order valence-corrected chi connectivity index (χ3v) is 4.99. The van der Waals surface area contributed by atoms with Gasteiger partial charge >= 0.3 is 0 Å². The summed E-state index contributed by atoms with van der Waals surface area (Å²) in [5.41, 5.74) is 4.47. The predicted octanol–water partition coefficient (Wildman–Crippen LogP) is 6.22. The van der Waals surface area contributed by atoms with E-state index in [4.69, 9.17) is 11.6 Å². The molecular formula is C21H18BrClN2O. The number of nitrogens with one attached hydrogen (secondary N) is 1. The highest BCUT2D eigenvalue weighted by Gasteiger charge is 2.16. The number of rotatable bonds is 4. The molecule has 2 aromatic carbocycles. The number of benzene rings is 2. The number of aromatic nitrogens is 1. The fourth-order valence-corrected chi connectivity index (χ4v) is 3.42. The summed E-state index contributed by atoms with van der Waals surface area (Å²) < 4.78 is 0.953. The molecule has 1 heterocycles. The van der Waals surface area contributed by atoms with E-state index in [0.29, 0.717) is 10.7 Å². The molecule has 0 fully saturated rings. The summed E-state index contributed by atoms with van der Waals surface area (Å²) in [6.07, 6.45) is 1.76. The first kappa shape index (κ1) is 18.6. The van der Waals surface area contributed by atoms with Gasteiger partial charge in [0.15, 0.2) is 0 Å². The second-order valence-corrected chi connectivity index (χ2v) is 7.47. The van der Waals surface area contributed by atoms with Gasteiger partial charge in [-0.2, -0.15) is 0 Å². The Morgan fingerprint density at radius 1 is 1.15 bits per heavy atom. The lowest BCUT2D eigenvalue weighted by atomic mass is 10.0. The van der Waals surface area contributed by atoms with E-state index in [1.165, 1.54) is 0 Å². The van der Waals surface area contributed by atoms with Crippen LogP contribution >= 0.6 is 27.5 Å². The van der Waals surface area contributed by atoms with E-state index in [-0.39, 0.29) is 11.8 Å². The van der Waals surface area contributed by atoms with Crippen molar-refractivity contribution in [1.29, 1.82) is 0 Å². The van der Waals surface area contributed by atoms with Gasteiger partial charge in [-0.15, -0.1) is 0 Å². The van der Waals surface area contributed by atoms with Gasteiger partial charge < -0.3 is 5.32 Å². The molecule has 1 N–H and O–H groups in total. The number of halogens is 2. The SMILES string of the molecule is Cc1cc(-c2ccc(NC(=O)C(C)c3cccc(Br)c3)cc2Cl)ccn1. The third-order valence-electron chi connectivity index (χ3n) is 4.19.